The maximum atomic E-state index is 12.2. The van der Waals surface area contributed by atoms with Gasteiger partial charge in [-0.2, -0.15) is 0 Å². The average Bonchev–Trinajstić information content (AvgIpc) is 2.13. The maximum absolute atomic E-state index is 12.2. The third kappa shape index (κ3) is 3.36. The minimum absolute atomic E-state index is 0.731. The lowest BCUT2D eigenvalue weighted by Crippen LogP contribution is -2.24. The molecule has 0 aromatic heterocycles. The Balaban J connectivity index is 3.04. The fourth-order valence-electron chi connectivity index (χ4n) is 1.47. The molecule has 0 spiro atoms. The van der Waals surface area contributed by atoms with Gasteiger partial charge in [0, 0.05) is 11.4 Å². The molecule has 15 heavy (non-hydrogen) atoms. The Bertz CT molecular complexity index is 415. The van der Waals surface area contributed by atoms with Gasteiger partial charge in [-0.25, -0.2) is 8.93 Å². The third-order valence-corrected chi connectivity index (χ3v) is 3.83. The van der Waals surface area contributed by atoms with Crippen molar-refractivity contribution in [1.29, 1.82) is 0 Å². The number of hydrogen-bond donors (Lipinski definition) is 1. The van der Waals surface area contributed by atoms with Crippen molar-refractivity contribution in [1.82, 2.24) is 4.72 Å². The topological polar surface area (TPSA) is 29.1 Å². The Morgan fingerprint density at radius 1 is 1.27 bits per heavy atom. The molecule has 3 heteroatoms. The van der Waals surface area contributed by atoms with Crippen LogP contribution in [0.1, 0.15) is 24.5 Å². The highest BCUT2D eigenvalue weighted by Crippen LogP contribution is 2.13. The molecule has 0 saturated heterocycles. The van der Waals surface area contributed by atoms with Crippen LogP contribution in [0.3, 0.4) is 0 Å². The first-order chi connectivity index (χ1) is 6.95. The number of nitrogens with one attached hydrogen (secondary N) is 1. The summed E-state index contributed by atoms with van der Waals surface area (Å²) in [6.45, 7) is 6.79. The first-order valence-corrected chi connectivity index (χ1v) is 6.88. The van der Waals surface area contributed by atoms with Crippen LogP contribution in [0.25, 0.3) is 0 Å². The predicted octanol–water partition coefficient (Wildman–Crippen LogP) is 2.29. The third-order valence-electron chi connectivity index (χ3n) is 2.16. The molecule has 1 atom stereocenters. The molecule has 2 nitrogen and oxygen atoms in total. The Morgan fingerprint density at radius 3 is 2.27 bits per heavy atom. The fourth-order valence-corrected chi connectivity index (χ4v) is 2.93. The Labute approximate surface area is 92.9 Å². The molecule has 0 amide bonds. The molecule has 0 bridgehead atoms. The summed E-state index contributed by atoms with van der Waals surface area (Å²) >= 11 is 0. The van der Waals surface area contributed by atoms with Crippen LogP contribution in [0.2, 0.25) is 0 Å². The second-order valence-corrected chi connectivity index (χ2v) is 6.00. The summed E-state index contributed by atoms with van der Waals surface area (Å²) in [6.07, 6.45) is 0.956. The quantitative estimate of drug-likeness (QED) is 0.783. The first kappa shape index (κ1) is 12.3. The number of benzene rings is 1. The molecule has 1 unspecified atom stereocenters. The zero-order valence-electron chi connectivity index (χ0n) is 9.67. The van der Waals surface area contributed by atoms with E-state index in [1.807, 2.05) is 32.9 Å². The summed E-state index contributed by atoms with van der Waals surface area (Å²) in [5, 5.41) is 0. The smallest absolute Gasteiger partial charge is 0.0533 e. The lowest BCUT2D eigenvalue weighted by molar-refractivity contribution is 0.668. The van der Waals surface area contributed by atoms with E-state index in [1.165, 1.54) is 0 Å². The van der Waals surface area contributed by atoms with Gasteiger partial charge in [0.1, 0.15) is 0 Å². The summed E-state index contributed by atoms with van der Waals surface area (Å²) in [6, 6.07) is 5.94. The van der Waals surface area contributed by atoms with Gasteiger partial charge in [0.15, 0.2) is 0 Å². The summed E-state index contributed by atoms with van der Waals surface area (Å²) in [5.74, 6) is 3.78. The molecule has 0 aliphatic carbocycles. The van der Waals surface area contributed by atoms with E-state index < -0.39 is 9.71 Å². The van der Waals surface area contributed by atoms with Crippen molar-refractivity contribution in [3.05, 3.63) is 29.3 Å². The van der Waals surface area contributed by atoms with E-state index >= 15 is 0 Å². The molecule has 1 aromatic rings. The fraction of sp³-hybridized carbons (Fsp3) is 0.417. The van der Waals surface area contributed by atoms with Crippen LogP contribution in [-0.4, -0.2) is 16.6 Å². The minimum Gasteiger partial charge on any atom is -0.248 e. The van der Waals surface area contributed by atoms with Crippen molar-refractivity contribution in [2.75, 3.05) is 6.54 Å². The van der Waals surface area contributed by atoms with Crippen molar-refractivity contribution in [3.63, 3.8) is 0 Å². The van der Waals surface area contributed by atoms with Gasteiger partial charge in [0.05, 0.1) is 9.71 Å². The van der Waals surface area contributed by atoms with E-state index in [-0.39, 0.29) is 0 Å². The summed E-state index contributed by atoms with van der Waals surface area (Å²) in [7, 11) is -2.32. The molecule has 0 aliphatic rings. The highest BCUT2D eigenvalue weighted by Gasteiger charge is 2.07. The van der Waals surface area contributed by atoms with Crippen LogP contribution < -0.4 is 4.72 Å². The molecule has 1 N–H and O–H groups in total. The molecular formula is C12H19NOS. The van der Waals surface area contributed by atoms with Gasteiger partial charge in [0.2, 0.25) is 0 Å². The van der Waals surface area contributed by atoms with Gasteiger partial charge in [-0.05, 0) is 49.4 Å². The second kappa shape index (κ2) is 4.81. The molecule has 0 heterocycles. The molecule has 0 radical (unpaired) electrons. The largest absolute Gasteiger partial charge is 0.248 e. The molecular weight excluding hydrogens is 206 g/mol. The van der Waals surface area contributed by atoms with Crippen LogP contribution in [-0.2, 0) is 9.71 Å². The SMILES string of the molecule is C=S(=O)(NCCC)c1cc(C)cc(C)c1. The maximum Gasteiger partial charge on any atom is 0.0533 e. The molecule has 0 aliphatic heterocycles. The second-order valence-electron chi connectivity index (χ2n) is 3.89. The standard InChI is InChI=1S/C12H19NOS/c1-5-6-13-15(4,14)12-8-10(2)7-11(3)9-12/h7-9H,4-6H2,1-3H3,(H,13,14). The van der Waals surface area contributed by atoms with E-state index in [0.29, 0.717) is 0 Å². The van der Waals surface area contributed by atoms with E-state index in [0.717, 1.165) is 29.0 Å². The van der Waals surface area contributed by atoms with Crippen molar-refractivity contribution < 1.29 is 4.21 Å². The molecule has 1 rings (SSSR count). The van der Waals surface area contributed by atoms with E-state index in [9.17, 15) is 4.21 Å². The van der Waals surface area contributed by atoms with Gasteiger partial charge < -0.3 is 0 Å². The van der Waals surface area contributed by atoms with Gasteiger partial charge in [0.25, 0.3) is 0 Å². The van der Waals surface area contributed by atoms with Crippen LogP contribution in [0.15, 0.2) is 23.1 Å². The number of aryl methyl sites for hydroxylation is 2. The monoisotopic (exact) mass is 225 g/mol. The van der Waals surface area contributed by atoms with Crippen LogP contribution in [0.5, 0.6) is 0 Å². The first-order valence-electron chi connectivity index (χ1n) is 5.16. The Morgan fingerprint density at radius 2 is 1.80 bits per heavy atom. The number of rotatable bonds is 4. The van der Waals surface area contributed by atoms with Crippen molar-refractivity contribution in [2.24, 2.45) is 0 Å². The summed E-state index contributed by atoms with van der Waals surface area (Å²) in [5.41, 5.74) is 2.25. The molecule has 1 aromatic carbocycles. The van der Waals surface area contributed by atoms with Crippen LogP contribution >= 0.6 is 0 Å². The Hall–Kier alpha value is -0.800. The average molecular weight is 225 g/mol. The Kier molecular flexibility index (Phi) is 3.94. The summed E-state index contributed by atoms with van der Waals surface area (Å²) < 4.78 is 15.2. The summed E-state index contributed by atoms with van der Waals surface area (Å²) in [4.78, 5) is 0.799. The zero-order chi connectivity index (χ0) is 11.5. The van der Waals surface area contributed by atoms with Crippen molar-refractivity contribution >= 4 is 15.6 Å². The zero-order valence-corrected chi connectivity index (χ0v) is 10.5. The minimum atomic E-state index is -2.32. The normalized spacial score (nSPS) is 14.9. The van der Waals surface area contributed by atoms with Crippen molar-refractivity contribution in [3.8, 4) is 0 Å². The van der Waals surface area contributed by atoms with Crippen LogP contribution in [0.4, 0.5) is 0 Å². The predicted molar refractivity (Wildman–Crippen MR) is 67.7 cm³/mol. The lowest BCUT2D eigenvalue weighted by atomic mass is 10.2. The molecule has 0 saturated carbocycles. The highest BCUT2D eigenvalue weighted by atomic mass is 32.2. The van der Waals surface area contributed by atoms with Crippen molar-refractivity contribution in [2.45, 2.75) is 32.1 Å². The van der Waals surface area contributed by atoms with E-state index in [2.05, 4.69) is 16.7 Å². The van der Waals surface area contributed by atoms with Gasteiger partial charge in [-0.3, -0.25) is 0 Å². The van der Waals surface area contributed by atoms with E-state index in [4.69, 9.17) is 0 Å². The van der Waals surface area contributed by atoms with Gasteiger partial charge >= 0.3 is 0 Å². The highest BCUT2D eigenvalue weighted by molar-refractivity contribution is 7.98. The number of hydrogen-bond acceptors (Lipinski definition) is 1. The van der Waals surface area contributed by atoms with Gasteiger partial charge in [-0.15, -0.1) is 0 Å². The van der Waals surface area contributed by atoms with Crippen LogP contribution in [0, 0.1) is 13.8 Å². The molecule has 84 valence electrons. The molecule has 0 fully saturated rings. The lowest BCUT2D eigenvalue weighted by Gasteiger charge is -2.12. The van der Waals surface area contributed by atoms with E-state index in [1.54, 1.807) is 0 Å². The van der Waals surface area contributed by atoms with Gasteiger partial charge in [-0.1, -0.05) is 13.0 Å².